The smallest absolute Gasteiger partial charge is 0.187 e. The van der Waals surface area contributed by atoms with E-state index in [1.807, 2.05) is 24.3 Å². The number of thiazole rings is 1. The van der Waals surface area contributed by atoms with Gasteiger partial charge in [0.2, 0.25) is 0 Å². The third-order valence-electron chi connectivity index (χ3n) is 3.40. The third kappa shape index (κ3) is 3.97. The Kier molecular flexibility index (Phi) is 5.78. The number of nitrogens with zero attached hydrogens (tertiary/aromatic N) is 1. The molecule has 0 aliphatic rings. The summed E-state index contributed by atoms with van der Waals surface area (Å²) in [7, 11) is 0. The lowest BCUT2D eigenvalue weighted by Gasteiger charge is -2.03. The molecule has 0 unspecified atom stereocenters. The number of hydrogen-bond donors (Lipinski definition) is 1. The summed E-state index contributed by atoms with van der Waals surface area (Å²) in [5, 5.41) is 6.33. The van der Waals surface area contributed by atoms with Crippen LogP contribution in [0.4, 0.5) is 10.8 Å². The highest BCUT2D eigenvalue weighted by Crippen LogP contribution is 2.28. The molecule has 114 valence electrons. The number of aromatic nitrogens is 1. The molecule has 2 aromatic carbocycles. The second kappa shape index (κ2) is 7.40. The Hall–Kier alpha value is -1.17. The summed E-state index contributed by atoms with van der Waals surface area (Å²) in [5.74, 6) is 0. The second-order valence-electron chi connectivity index (χ2n) is 4.97. The number of anilines is 2. The highest BCUT2D eigenvalue weighted by Gasteiger charge is 2.06. The fourth-order valence-corrected chi connectivity index (χ4v) is 3.03. The molecule has 0 aliphatic heterocycles. The van der Waals surface area contributed by atoms with E-state index in [0.717, 1.165) is 21.0 Å². The van der Waals surface area contributed by atoms with E-state index in [0.29, 0.717) is 0 Å². The summed E-state index contributed by atoms with van der Waals surface area (Å²) in [4.78, 5) is 4.66. The standard InChI is InChI=1S/C17H15BrN2S.BrH/c1-11-3-4-13(9-12(11)2)16-10-21-17(20-16)19-15-7-5-14(18)6-8-15;/h3-10H,1-2H3,(H,19,20);1H. The van der Waals surface area contributed by atoms with Crippen LogP contribution >= 0.6 is 44.2 Å². The molecule has 22 heavy (non-hydrogen) atoms. The van der Waals surface area contributed by atoms with Crippen molar-refractivity contribution in [3.63, 3.8) is 0 Å². The van der Waals surface area contributed by atoms with E-state index < -0.39 is 0 Å². The Morgan fingerprint density at radius 3 is 2.41 bits per heavy atom. The van der Waals surface area contributed by atoms with Crippen molar-refractivity contribution in [3.8, 4) is 11.3 Å². The van der Waals surface area contributed by atoms with Crippen LogP contribution in [0.1, 0.15) is 11.1 Å². The topological polar surface area (TPSA) is 24.9 Å². The Labute approximate surface area is 153 Å². The first kappa shape index (κ1) is 17.2. The monoisotopic (exact) mass is 438 g/mol. The van der Waals surface area contributed by atoms with Crippen molar-refractivity contribution in [2.75, 3.05) is 5.32 Å². The van der Waals surface area contributed by atoms with Crippen molar-refractivity contribution in [1.29, 1.82) is 0 Å². The zero-order valence-electron chi connectivity index (χ0n) is 12.3. The molecule has 0 atom stereocenters. The molecule has 0 radical (unpaired) electrons. The fourth-order valence-electron chi connectivity index (χ4n) is 2.02. The van der Waals surface area contributed by atoms with Gasteiger partial charge in [0.05, 0.1) is 5.69 Å². The average Bonchev–Trinajstić information content (AvgIpc) is 2.93. The molecule has 1 heterocycles. The molecular weight excluding hydrogens is 424 g/mol. The zero-order chi connectivity index (χ0) is 14.8. The van der Waals surface area contributed by atoms with Gasteiger partial charge in [0.1, 0.15) is 0 Å². The molecule has 3 rings (SSSR count). The van der Waals surface area contributed by atoms with Gasteiger partial charge in [-0.3, -0.25) is 0 Å². The lowest BCUT2D eigenvalue weighted by atomic mass is 10.1. The molecule has 0 spiro atoms. The number of aryl methyl sites for hydroxylation is 2. The summed E-state index contributed by atoms with van der Waals surface area (Å²) in [6.45, 7) is 4.26. The van der Waals surface area contributed by atoms with E-state index in [2.05, 4.69) is 63.7 Å². The molecule has 0 amide bonds. The Morgan fingerprint density at radius 1 is 1.00 bits per heavy atom. The minimum Gasteiger partial charge on any atom is -0.332 e. The first-order valence-electron chi connectivity index (χ1n) is 6.67. The number of benzene rings is 2. The highest BCUT2D eigenvalue weighted by atomic mass is 79.9. The van der Waals surface area contributed by atoms with Crippen LogP contribution < -0.4 is 5.32 Å². The molecule has 0 saturated carbocycles. The number of nitrogens with one attached hydrogen (secondary N) is 1. The Balaban J connectivity index is 0.00000176. The molecular formula is C17H16Br2N2S. The Morgan fingerprint density at radius 2 is 1.73 bits per heavy atom. The molecule has 0 saturated heterocycles. The van der Waals surface area contributed by atoms with Crippen molar-refractivity contribution in [3.05, 3.63) is 63.4 Å². The molecule has 5 heteroatoms. The fraction of sp³-hybridized carbons (Fsp3) is 0.118. The maximum absolute atomic E-state index is 4.66. The van der Waals surface area contributed by atoms with Crippen LogP contribution in [-0.4, -0.2) is 4.98 Å². The molecule has 0 fully saturated rings. The normalized spacial score (nSPS) is 10.1. The van der Waals surface area contributed by atoms with Crippen molar-refractivity contribution in [1.82, 2.24) is 4.98 Å². The average molecular weight is 440 g/mol. The van der Waals surface area contributed by atoms with Crippen molar-refractivity contribution < 1.29 is 0 Å². The van der Waals surface area contributed by atoms with Gasteiger partial charge in [0.15, 0.2) is 5.13 Å². The van der Waals surface area contributed by atoms with E-state index in [4.69, 9.17) is 0 Å². The van der Waals surface area contributed by atoms with Crippen molar-refractivity contribution in [2.24, 2.45) is 0 Å². The molecule has 2 nitrogen and oxygen atoms in total. The molecule has 0 bridgehead atoms. The minimum absolute atomic E-state index is 0. The first-order valence-corrected chi connectivity index (χ1v) is 8.35. The van der Waals surface area contributed by atoms with Gasteiger partial charge in [-0.2, -0.15) is 0 Å². The van der Waals surface area contributed by atoms with Crippen LogP contribution in [0.25, 0.3) is 11.3 Å². The first-order chi connectivity index (χ1) is 10.1. The van der Waals surface area contributed by atoms with Crippen molar-refractivity contribution >= 4 is 55.1 Å². The second-order valence-corrected chi connectivity index (χ2v) is 6.74. The quantitative estimate of drug-likeness (QED) is 0.502. The van der Waals surface area contributed by atoms with Gasteiger partial charge in [-0.1, -0.05) is 28.1 Å². The van der Waals surface area contributed by atoms with Gasteiger partial charge < -0.3 is 5.32 Å². The third-order valence-corrected chi connectivity index (χ3v) is 4.69. The lowest BCUT2D eigenvalue weighted by molar-refractivity contribution is 1.32. The van der Waals surface area contributed by atoms with Crippen LogP contribution in [0.15, 0.2) is 52.3 Å². The van der Waals surface area contributed by atoms with E-state index in [1.54, 1.807) is 11.3 Å². The Bertz CT molecular complexity index is 767. The van der Waals surface area contributed by atoms with E-state index in [-0.39, 0.29) is 17.0 Å². The van der Waals surface area contributed by atoms with Gasteiger partial charge in [-0.25, -0.2) is 4.98 Å². The molecule has 1 aromatic heterocycles. The summed E-state index contributed by atoms with van der Waals surface area (Å²) in [6.07, 6.45) is 0. The number of hydrogen-bond acceptors (Lipinski definition) is 3. The van der Waals surface area contributed by atoms with E-state index >= 15 is 0 Å². The van der Waals surface area contributed by atoms with Gasteiger partial charge >= 0.3 is 0 Å². The molecule has 3 aromatic rings. The van der Waals surface area contributed by atoms with Gasteiger partial charge in [0, 0.05) is 21.1 Å². The summed E-state index contributed by atoms with van der Waals surface area (Å²) in [5.41, 5.74) is 5.82. The minimum atomic E-state index is 0. The molecule has 1 N–H and O–H groups in total. The van der Waals surface area contributed by atoms with Gasteiger partial charge in [-0.15, -0.1) is 28.3 Å². The SMILES string of the molecule is Br.Cc1ccc(-c2csc(Nc3ccc(Br)cc3)n2)cc1C. The summed E-state index contributed by atoms with van der Waals surface area (Å²) < 4.78 is 1.07. The van der Waals surface area contributed by atoms with Crippen LogP contribution in [0, 0.1) is 13.8 Å². The number of halogens is 2. The van der Waals surface area contributed by atoms with Gasteiger partial charge in [0.25, 0.3) is 0 Å². The van der Waals surface area contributed by atoms with Crippen LogP contribution in [0.3, 0.4) is 0 Å². The van der Waals surface area contributed by atoms with Crippen LogP contribution in [-0.2, 0) is 0 Å². The predicted molar refractivity (Wildman–Crippen MR) is 105 cm³/mol. The highest BCUT2D eigenvalue weighted by molar-refractivity contribution is 9.10. The van der Waals surface area contributed by atoms with E-state index in [9.17, 15) is 0 Å². The largest absolute Gasteiger partial charge is 0.332 e. The molecule has 0 aliphatic carbocycles. The van der Waals surface area contributed by atoms with Crippen molar-refractivity contribution in [2.45, 2.75) is 13.8 Å². The van der Waals surface area contributed by atoms with E-state index in [1.165, 1.54) is 16.7 Å². The zero-order valence-corrected chi connectivity index (χ0v) is 16.4. The van der Waals surface area contributed by atoms with Crippen LogP contribution in [0.2, 0.25) is 0 Å². The van der Waals surface area contributed by atoms with Gasteiger partial charge in [-0.05, 0) is 55.3 Å². The summed E-state index contributed by atoms with van der Waals surface area (Å²) in [6, 6.07) is 14.5. The maximum Gasteiger partial charge on any atom is 0.187 e. The van der Waals surface area contributed by atoms with Crippen LogP contribution in [0.5, 0.6) is 0 Å². The lowest BCUT2D eigenvalue weighted by Crippen LogP contribution is -1.89. The summed E-state index contributed by atoms with van der Waals surface area (Å²) >= 11 is 5.06. The predicted octanol–water partition coefficient (Wildman–Crippen LogP) is 6.51. The number of rotatable bonds is 3. The maximum atomic E-state index is 4.66.